The van der Waals surface area contributed by atoms with E-state index in [1.165, 1.54) is 0 Å². The Kier molecular flexibility index (Phi) is 4.36. The fraction of sp³-hybridized carbons (Fsp3) is 0.375. The van der Waals surface area contributed by atoms with Crippen LogP contribution >= 0.6 is 11.6 Å². The van der Waals surface area contributed by atoms with E-state index >= 15 is 0 Å². The van der Waals surface area contributed by atoms with E-state index in [1.54, 1.807) is 18.6 Å². The third kappa shape index (κ3) is 3.34. The molecule has 0 amide bonds. The van der Waals surface area contributed by atoms with Crippen LogP contribution in [0.1, 0.15) is 23.8 Å². The van der Waals surface area contributed by atoms with Crippen molar-refractivity contribution in [3.63, 3.8) is 0 Å². The van der Waals surface area contributed by atoms with Crippen molar-refractivity contribution in [3.05, 3.63) is 53.1 Å². The number of nitrogens with one attached hydrogen (secondary N) is 1. The standard InChI is InChI=1S/C16H18ClN3O/c1-11-8-13(17)2-3-15(11)21-16(12-4-5-18-9-12)14-10-19-6-7-20-14/h2-3,6-8,10,12,16,18H,4-5,9H2,1H3/t12-,16+/m1/s1. The third-order valence-corrected chi connectivity index (χ3v) is 4.03. The van der Waals surface area contributed by atoms with Gasteiger partial charge in [0.25, 0.3) is 0 Å². The first kappa shape index (κ1) is 14.3. The Morgan fingerprint density at radius 3 is 2.95 bits per heavy atom. The van der Waals surface area contributed by atoms with Crippen molar-refractivity contribution in [3.8, 4) is 5.75 Å². The van der Waals surface area contributed by atoms with Crippen LogP contribution in [0.2, 0.25) is 5.02 Å². The van der Waals surface area contributed by atoms with Gasteiger partial charge in [-0.2, -0.15) is 0 Å². The van der Waals surface area contributed by atoms with E-state index in [9.17, 15) is 0 Å². The van der Waals surface area contributed by atoms with E-state index in [0.29, 0.717) is 5.92 Å². The van der Waals surface area contributed by atoms with Gasteiger partial charge < -0.3 is 10.1 Å². The monoisotopic (exact) mass is 303 g/mol. The maximum Gasteiger partial charge on any atom is 0.146 e. The number of benzene rings is 1. The lowest BCUT2D eigenvalue weighted by Gasteiger charge is -2.24. The van der Waals surface area contributed by atoms with E-state index < -0.39 is 0 Å². The van der Waals surface area contributed by atoms with Crippen LogP contribution < -0.4 is 10.1 Å². The Bertz CT molecular complexity index is 600. The summed E-state index contributed by atoms with van der Waals surface area (Å²) in [6.45, 7) is 3.96. The summed E-state index contributed by atoms with van der Waals surface area (Å²) in [6.07, 6.45) is 6.17. The summed E-state index contributed by atoms with van der Waals surface area (Å²) >= 11 is 6.01. The molecule has 1 N–H and O–H groups in total. The van der Waals surface area contributed by atoms with Crippen molar-refractivity contribution in [2.75, 3.05) is 13.1 Å². The SMILES string of the molecule is Cc1cc(Cl)ccc1O[C@H](c1cnccn1)[C@@H]1CCNC1. The van der Waals surface area contributed by atoms with Gasteiger partial charge in [0.2, 0.25) is 0 Å². The van der Waals surface area contributed by atoms with Gasteiger partial charge in [-0.15, -0.1) is 0 Å². The van der Waals surface area contributed by atoms with Gasteiger partial charge in [-0.3, -0.25) is 9.97 Å². The van der Waals surface area contributed by atoms with Crippen molar-refractivity contribution in [1.82, 2.24) is 15.3 Å². The summed E-state index contributed by atoms with van der Waals surface area (Å²) in [5.74, 6) is 1.25. The zero-order valence-electron chi connectivity index (χ0n) is 11.9. The summed E-state index contributed by atoms with van der Waals surface area (Å²) in [6, 6.07) is 5.69. The Morgan fingerprint density at radius 1 is 1.38 bits per heavy atom. The van der Waals surface area contributed by atoms with Gasteiger partial charge in [-0.1, -0.05) is 11.6 Å². The van der Waals surface area contributed by atoms with Gasteiger partial charge in [-0.05, 0) is 43.7 Å². The molecule has 0 bridgehead atoms. The van der Waals surface area contributed by atoms with Crippen molar-refractivity contribution in [2.24, 2.45) is 5.92 Å². The number of hydrogen-bond acceptors (Lipinski definition) is 4. The van der Waals surface area contributed by atoms with Gasteiger partial charge in [0.15, 0.2) is 0 Å². The molecule has 1 aliphatic heterocycles. The highest BCUT2D eigenvalue weighted by atomic mass is 35.5. The van der Waals surface area contributed by atoms with Gasteiger partial charge in [0, 0.05) is 29.9 Å². The molecule has 1 fully saturated rings. The molecular formula is C16H18ClN3O. The average molecular weight is 304 g/mol. The number of rotatable bonds is 4. The van der Waals surface area contributed by atoms with Gasteiger partial charge in [0.1, 0.15) is 11.9 Å². The second-order valence-corrected chi connectivity index (χ2v) is 5.77. The second-order valence-electron chi connectivity index (χ2n) is 5.33. The number of aromatic nitrogens is 2. The quantitative estimate of drug-likeness (QED) is 0.942. The zero-order valence-corrected chi connectivity index (χ0v) is 12.7. The first-order valence-corrected chi connectivity index (χ1v) is 7.51. The van der Waals surface area contributed by atoms with Crippen LogP contribution in [0.4, 0.5) is 0 Å². The summed E-state index contributed by atoms with van der Waals surface area (Å²) in [5, 5.41) is 4.10. The molecule has 2 heterocycles. The third-order valence-electron chi connectivity index (χ3n) is 3.79. The summed E-state index contributed by atoms with van der Waals surface area (Å²) in [4.78, 5) is 8.60. The Morgan fingerprint density at radius 2 is 2.29 bits per heavy atom. The second kappa shape index (κ2) is 6.41. The summed E-state index contributed by atoms with van der Waals surface area (Å²) < 4.78 is 6.27. The molecule has 0 spiro atoms. The average Bonchev–Trinajstić information content (AvgIpc) is 3.01. The molecule has 5 heteroatoms. The minimum Gasteiger partial charge on any atom is -0.483 e. The van der Waals surface area contributed by atoms with Crippen molar-refractivity contribution in [1.29, 1.82) is 0 Å². The first-order valence-electron chi connectivity index (χ1n) is 7.13. The van der Waals surface area contributed by atoms with Crippen LogP contribution in [0.3, 0.4) is 0 Å². The predicted molar refractivity (Wildman–Crippen MR) is 82.6 cm³/mol. The van der Waals surface area contributed by atoms with Crippen LogP contribution in [-0.2, 0) is 0 Å². The maximum atomic E-state index is 6.27. The highest BCUT2D eigenvalue weighted by molar-refractivity contribution is 6.30. The topological polar surface area (TPSA) is 47.0 Å². The molecule has 21 heavy (non-hydrogen) atoms. The fourth-order valence-corrected chi connectivity index (χ4v) is 2.90. The van der Waals surface area contributed by atoms with E-state index in [2.05, 4.69) is 15.3 Å². The van der Waals surface area contributed by atoms with Gasteiger partial charge >= 0.3 is 0 Å². The normalized spacial score (nSPS) is 19.4. The molecule has 0 unspecified atom stereocenters. The Hall–Kier alpha value is -1.65. The number of halogens is 1. The molecule has 0 saturated carbocycles. The molecule has 0 aliphatic carbocycles. The molecule has 0 radical (unpaired) electrons. The van der Waals surface area contributed by atoms with Crippen molar-refractivity contribution < 1.29 is 4.74 Å². The fourth-order valence-electron chi connectivity index (χ4n) is 2.67. The smallest absolute Gasteiger partial charge is 0.146 e. The molecule has 2 atom stereocenters. The Balaban J connectivity index is 1.88. The highest BCUT2D eigenvalue weighted by Gasteiger charge is 2.29. The molecule has 1 aliphatic rings. The summed E-state index contributed by atoms with van der Waals surface area (Å²) in [5.41, 5.74) is 1.91. The highest BCUT2D eigenvalue weighted by Crippen LogP contribution is 2.33. The summed E-state index contributed by atoms with van der Waals surface area (Å²) in [7, 11) is 0. The lowest BCUT2D eigenvalue weighted by atomic mass is 9.99. The lowest BCUT2D eigenvalue weighted by Crippen LogP contribution is -2.22. The molecule has 1 aromatic heterocycles. The number of nitrogens with zero attached hydrogens (tertiary/aromatic N) is 2. The van der Waals surface area contributed by atoms with Gasteiger partial charge in [0.05, 0.1) is 11.9 Å². The van der Waals surface area contributed by atoms with Gasteiger partial charge in [-0.25, -0.2) is 0 Å². The molecule has 110 valence electrons. The van der Waals surface area contributed by atoms with E-state index in [-0.39, 0.29) is 6.10 Å². The van der Waals surface area contributed by atoms with E-state index in [1.807, 2.05) is 25.1 Å². The first-order chi connectivity index (χ1) is 10.2. The lowest BCUT2D eigenvalue weighted by molar-refractivity contribution is 0.138. The van der Waals surface area contributed by atoms with Crippen LogP contribution in [0, 0.1) is 12.8 Å². The van der Waals surface area contributed by atoms with Crippen molar-refractivity contribution in [2.45, 2.75) is 19.4 Å². The number of hydrogen-bond donors (Lipinski definition) is 1. The van der Waals surface area contributed by atoms with E-state index in [0.717, 1.165) is 41.5 Å². The minimum absolute atomic E-state index is 0.0893. The molecule has 1 aromatic carbocycles. The van der Waals surface area contributed by atoms with Crippen LogP contribution in [0.5, 0.6) is 5.75 Å². The molecule has 2 aromatic rings. The van der Waals surface area contributed by atoms with Crippen LogP contribution in [-0.4, -0.2) is 23.1 Å². The molecular weight excluding hydrogens is 286 g/mol. The van der Waals surface area contributed by atoms with Crippen LogP contribution in [0.25, 0.3) is 0 Å². The largest absolute Gasteiger partial charge is 0.483 e. The maximum absolute atomic E-state index is 6.27. The molecule has 3 rings (SSSR count). The molecule has 4 nitrogen and oxygen atoms in total. The van der Waals surface area contributed by atoms with Crippen LogP contribution in [0.15, 0.2) is 36.8 Å². The Labute approximate surface area is 129 Å². The zero-order chi connectivity index (χ0) is 14.7. The molecule has 1 saturated heterocycles. The number of ether oxygens (including phenoxy) is 1. The predicted octanol–water partition coefficient (Wildman–Crippen LogP) is 3.17. The van der Waals surface area contributed by atoms with Crippen molar-refractivity contribution >= 4 is 11.6 Å². The minimum atomic E-state index is -0.0893. The number of aryl methyl sites for hydroxylation is 1. The van der Waals surface area contributed by atoms with E-state index in [4.69, 9.17) is 16.3 Å².